The molecule has 1 aromatic rings. The van der Waals surface area contributed by atoms with Crippen LogP contribution < -0.4 is 5.32 Å². The Morgan fingerprint density at radius 2 is 1.90 bits per heavy atom. The van der Waals surface area contributed by atoms with Crippen LogP contribution >= 0.6 is 0 Å². The summed E-state index contributed by atoms with van der Waals surface area (Å²) < 4.78 is 0. The van der Waals surface area contributed by atoms with E-state index in [1.807, 2.05) is 20.0 Å². The number of carbonyl (C=O) groups excluding carboxylic acids is 1. The Labute approximate surface area is 186 Å². The van der Waals surface area contributed by atoms with E-state index in [9.17, 15) is 9.90 Å². The van der Waals surface area contributed by atoms with Gasteiger partial charge in [-0.1, -0.05) is 30.6 Å². The Bertz CT molecular complexity index is 1040. The number of carbonyl (C=O) groups is 1. The summed E-state index contributed by atoms with van der Waals surface area (Å²) in [4.78, 5) is 12.6. The first kappa shape index (κ1) is 20.6. The van der Waals surface area contributed by atoms with Crippen molar-refractivity contribution in [1.29, 1.82) is 0 Å². The molecule has 2 fully saturated rings. The number of hydrogen-bond acceptors (Lipinski definition) is 3. The van der Waals surface area contributed by atoms with E-state index in [-0.39, 0.29) is 17.1 Å². The van der Waals surface area contributed by atoms with E-state index < -0.39 is 5.60 Å². The lowest BCUT2D eigenvalue weighted by Gasteiger charge is -2.51. The van der Waals surface area contributed by atoms with Crippen LogP contribution in [0.3, 0.4) is 0 Å². The summed E-state index contributed by atoms with van der Waals surface area (Å²) in [5, 5.41) is 14.6. The predicted molar refractivity (Wildman–Crippen MR) is 125 cm³/mol. The number of fused-ring (bicyclic) bond motifs is 4. The number of benzene rings is 1. The monoisotopic (exact) mass is 415 g/mol. The van der Waals surface area contributed by atoms with Crippen LogP contribution in [-0.4, -0.2) is 23.5 Å². The number of ketones is 1. The molecule has 0 unspecified atom stereocenters. The predicted octanol–water partition coefficient (Wildman–Crippen LogP) is 5.38. The van der Waals surface area contributed by atoms with Crippen LogP contribution in [0.1, 0.15) is 70.3 Å². The van der Waals surface area contributed by atoms with Gasteiger partial charge in [-0.15, -0.1) is 5.92 Å². The lowest BCUT2D eigenvalue weighted by atomic mass is 9.54. The van der Waals surface area contributed by atoms with E-state index >= 15 is 0 Å². The van der Waals surface area contributed by atoms with Gasteiger partial charge in [0.15, 0.2) is 5.78 Å². The number of rotatable bonds is 2. The molecular weight excluding hydrogens is 382 g/mol. The van der Waals surface area contributed by atoms with E-state index in [1.165, 1.54) is 16.7 Å². The van der Waals surface area contributed by atoms with E-state index in [1.54, 1.807) is 5.57 Å². The number of nitrogens with one attached hydrogen (secondary N) is 1. The second-order valence-corrected chi connectivity index (χ2v) is 10.1. The minimum absolute atomic E-state index is 0.139. The first-order valence-electron chi connectivity index (χ1n) is 11.8. The van der Waals surface area contributed by atoms with Gasteiger partial charge in [-0.3, -0.25) is 4.79 Å². The second kappa shape index (κ2) is 7.38. The molecule has 4 aliphatic carbocycles. The van der Waals surface area contributed by atoms with E-state index in [0.717, 1.165) is 44.2 Å². The molecule has 1 aromatic carbocycles. The maximum atomic E-state index is 12.6. The molecule has 0 saturated heterocycles. The highest BCUT2D eigenvalue weighted by Crippen LogP contribution is 2.64. The summed E-state index contributed by atoms with van der Waals surface area (Å²) in [5.41, 5.74) is 5.64. The normalized spacial score (nSPS) is 36.6. The largest absolute Gasteiger partial charge is 0.388 e. The molecule has 2 saturated carbocycles. The molecule has 0 bridgehead atoms. The lowest BCUT2D eigenvalue weighted by Crippen LogP contribution is -2.49. The molecule has 3 heteroatoms. The number of anilines is 1. The molecule has 3 nitrogen and oxygen atoms in total. The zero-order chi connectivity index (χ0) is 21.8. The number of aliphatic hydroxyl groups is 1. The quantitative estimate of drug-likeness (QED) is 0.638. The van der Waals surface area contributed by atoms with Crippen molar-refractivity contribution in [2.24, 2.45) is 17.3 Å². The van der Waals surface area contributed by atoms with Gasteiger partial charge in [0.25, 0.3) is 0 Å². The summed E-state index contributed by atoms with van der Waals surface area (Å²) >= 11 is 0. The van der Waals surface area contributed by atoms with Crippen molar-refractivity contribution in [3.05, 3.63) is 52.6 Å². The van der Waals surface area contributed by atoms with Crippen molar-refractivity contribution < 1.29 is 9.90 Å². The fourth-order valence-electron chi connectivity index (χ4n) is 7.23. The van der Waals surface area contributed by atoms with Gasteiger partial charge < -0.3 is 10.4 Å². The maximum absolute atomic E-state index is 12.6. The molecule has 2 N–H and O–H groups in total. The van der Waals surface area contributed by atoms with E-state index in [2.05, 4.69) is 48.3 Å². The Morgan fingerprint density at radius 1 is 1.13 bits per heavy atom. The summed E-state index contributed by atoms with van der Waals surface area (Å²) in [6.45, 7) is 4.12. The van der Waals surface area contributed by atoms with Crippen LogP contribution in [-0.2, 0) is 4.79 Å². The highest BCUT2D eigenvalue weighted by molar-refractivity contribution is 5.94. The van der Waals surface area contributed by atoms with Crippen molar-refractivity contribution >= 4 is 11.5 Å². The average molecular weight is 416 g/mol. The molecule has 0 radical (unpaired) electrons. The molecule has 5 rings (SSSR count). The third-order valence-electron chi connectivity index (χ3n) is 8.87. The van der Waals surface area contributed by atoms with Crippen molar-refractivity contribution in [2.75, 3.05) is 12.4 Å². The van der Waals surface area contributed by atoms with Gasteiger partial charge in [0.1, 0.15) is 5.60 Å². The van der Waals surface area contributed by atoms with Crippen molar-refractivity contribution in [2.45, 2.75) is 70.3 Å². The van der Waals surface area contributed by atoms with E-state index in [4.69, 9.17) is 0 Å². The molecule has 162 valence electrons. The first-order valence-corrected chi connectivity index (χ1v) is 11.8. The molecule has 4 aliphatic rings. The van der Waals surface area contributed by atoms with Gasteiger partial charge in [0.2, 0.25) is 0 Å². The van der Waals surface area contributed by atoms with Crippen LogP contribution in [0.25, 0.3) is 0 Å². The minimum atomic E-state index is -0.857. The number of hydrogen-bond donors (Lipinski definition) is 2. The van der Waals surface area contributed by atoms with Crippen LogP contribution in [0, 0.1) is 29.1 Å². The molecule has 0 amide bonds. The SMILES string of the molecule is CC#C[C@]1(O)CC[C@H]2[C@@H]3CCC4=CC(=O)C[C@@H](c5ccc(NC)cc5)C4=C3CC[C@@]21C. The van der Waals surface area contributed by atoms with Gasteiger partial charge in [-0.05, 0) is 92.2 Å². The zero-order valence-electron chi connectivity index (χ0n) is 18.9. The highest BCUT2D eigenvalue weighted by Gasteiger charge is 2.60. The highest BCUT2D eigenvalue weighted by atomic mass is 16.3. The Morgan fingerprint density at radius 3 is 2.61 bits per heavy atom. The van der Waals surface area contributed by atoms with Crippen molar-refractivity contribution in [3.63, 3.8) is 0 Å². The minimum Gasteiger partial charge on any atom is -0.388 e. The Hall–Kier alpha value is -2.31. The van der Waals surface area contributed by atoms with Crippen LogP contribution in [0.2, 0.25) is 0 Å². The number of allylic oxidation sites excluding steroid dienone is 4. The molecule has 0 heterocycles. The molecule has 0 aliphatic heterocycles. The van der Waals surface area contributed by atoms with Crippen molar-refractivity contribution in [3.8, 4) is 11.8 Å². The van der Waals surface area contributed by atoms with Gasteiger partial charge >= 0.3 is 0 Å². The van der Waals surface area contributed by atoms with Gasteiger partial charge in [-0.25, -0.2) is 0 Å². The fraction of sp³-hybridized carbons (Fsp3) is 0.536. The smallest absolute Gasteiger partial charge is 0.156 e. The topological polar surface area (TPSA) is 49.3 Å². The van der Waals surface area contributed by atoms with Gasteiger partial charge in [-0.2, -0.15) is 0 Å². The Balaban J connectivity index is 1.58. The van der Waals surface area contributed by atoms with Crippen LogP contribution in [0.4, 0.5) is 5.69 Å². The molecule has 5 atom stereocenters. The summed E-state index contributed by atoms with van der Waals surface area (Å²) in [5.74, 6) is 7.60. The van der Waals surface area contributed by atoms with Gasteiger partial charge in [0.05, 0.1) is 0 Å². The molecule has 0 aromatic heterocycles. The first-order chi connectivity index (χ1) is 14.9. The second-order valence-electron chi connectivity index (χ2n) is 10.1. The average Bonchev–Trinajstić information content (AvgIpc) is 3.04. The van der Waals surface area contributed by atoms with Gasteiger partial charge in [0, 0.05) is 30.5 Å². The third-order valence-corrected chi connectivity index (χ3v) is 8.87. The molecule has 31 heavy (non-hydrogen) atoms. The third kappa shape index (κ3) is 3.03. The maximum Gasteiger partial charge on any atom is 0.156 e. The lowest BCUT2D eigenvalue weighted by molar-refractivity contribution is -0.115. The summed E-state index contributed by atoms with van der Waals surface area (Å²) in [6, 6.07) is 8.59. The standard InChI is InChI=1S/C28H33NO2/c1-4-13-28(31)15-12-25-22-10-7-19-16-21(30)17-24(18-5-8-20(29-3)9-6-18)26(19)23(22)11-14-27(25,28)2/h5-6,8-9,16,22,24-25,29,31H,7,10-12,14-15,17H2,1-3H3/t22-,24+,25+,27+,28+/m1/s1. The van der Waals surface area contributed by atoms with Crippen LogP contribution in [0.15, 0.2) is 47.1 Å². The summed E-state index contributed by atoms with van der Waals surface area (Å²) in [7, 11) is 1.93. The van der Waals surface area contributed by atoms with Crippen LogP contribution in [0.5, 0.6) is 0 Å². The van der Waals surface area contributed by atoms with E-state index in [0.29, 0.717) is 18.3 Å². The summed E-state index contributed by atoms with van der Waals surface area (Å²) in [6.07, 6.45) is 8.39. The molecular formula is C28H33NO2. The fourth-order valence-corrected chi connectivity index (χ4v) is 7.23. The Kier molecular flexibility index (Phi) is 4.90. The van der Waals surface area contributed by atoms with Crippen molar-refractivity contribution in [1.82, 2.24) is 0 Å². The molecule has 0 spiro atoms. The zero-order valence-corrected chi connectivity index (χ0v) is 18.9.